The van der Waals surface area contributed by atoms with Gasteiger partial charge in [-0.3, -0.25) is 0 Å². The summed E-state index contributed by atoms with van der Waals surface area (Å²) in [6, 6.07) is 0. The predicted octanol–water partition coefficient (Wildman–Crippen LogP) is 1.79. The van der Waals surface area contributed by atoms with Crippen molar-refractivity contribution in [2.24, 2.45) is 16.1 Å². The molecule has 0 aliphatic carbocycles. The van der Waals surface area contributed by atoms with Crippen LogP contribution in [0, 0.1) is 5.92 Å². The summed E-state index contributed by atoms with van der Waals surface area (Å²) in [4.78, 5) is 0. The molecule has 10 heavy (non-hydrogen) atoms. The zero-order valence-electron chi connectivity index (χ0n) is 6.20. The van der Waals surface area contributed by atoms with Crippen LogP contribution in [0.3, 0.4) is 0 Å². The van der Waals surface area contributed by atoms with Crippen LogP contribution in [-0.2, 0) is 0 Å². The van der Waals surface area contributed by atoms with E-state index in [-0.39, 0.29) is 0 Å². The van der Waals surface area contributed by atoms with Gasteiger partial charge in [-0.25, -0.2) is 0 Å². The fourth-order valence-electron chi connectivity index (χ4n) is 0.680. The van der Waals surface area contributed by atoms with Gasteiger partial charge in [0, 0.05) is 11.9 Å². The molecule has 0 atom stereocenters. The van der Waals surface area contributed by atoms with Gasteiger partial charge in [-0.15, -0.1) is 5.10 Å². The maximum Gasteiger partial charge on any atom is 0.0538 e. The minimum atomic E-state index is 0.509. The largest absolute Gasteiger partial charge is 0.150 e. The van der Waals surface area contributed by atoms with Gasteiger partial charge in [0.1, 0.15) is 0 Å². The molecule has 1 rings (SSSR count). The first-order chi connectivity index (χ1) is 4.80. The second-order valence-corrected chi connectivity index (χ2v) is 2.46. The van der Waals surface area contributed by atoms with Gasteiger partial charge in [-0.2, -0.15) is 5.10 Å². The normalized spacial score (nSPS) is 15.7. The Morgan fingerprint density at radius 3 is 3.00 bits per heavy atom. The SMILES string of the molecule is CC(C)C1=CC=C=NN=C1. The van der Waals surface area contributed by atoms with E-state index in [4.69, 9.17) is 0 Å². The molecule has 1 heterocycles. The molecule has 0 N–H and O–H groups in total. The van der Waals surface area contributed by atoms with Gasteiger partial charge in [0.15, 0.2) is 0 Å². The lowest BCUT2D eigenvalue weighted by Crippen LogP contribution is -1.93. The first-order valence-electron chi connectivity index (χ1n) is 3.32. The third kappa shape index (κ3) is 1.67. The van der Waals surface area contributed by atoms with Crippen LogP contribution in [0.1, 0.15) is 13.8 Å². The van der Waals surface area contributed by atoms with E-state index < -0.39 is 0 Å². The van der Waals surface area contributed by atoms with Crippen molar-refractivity contribution in [2.45, 2.75) is 13.8 Å². The predicted molar refractivity (Wildman–Crippen MR) is 43.4 cm³/mol. The Morgan fingerprint density at radius 2 is 2.30 bits per heavy atom. The van der Waals surface area contributed by atoms with Crippen LogP contribution in [0.25, 0.3) is 0 Å². The van der Waals surface area contributed by atoms with Crippen molar-refractivity contribution in [3.8, 4) is 0 Å². The van der Waals surface area contributed by atoms with Crippen LogP contribution in [0.15, 0.2) is 27.9 Å². The number of allylic oxidation sites excluding steroid dienone is 3. The van der Waals surface area contributed by atoms with Crippen LogP contribution in [0.5, 0.6) is 0 Å². The average Bonchev–Trinajstić information content (AvgIpc) is 2.12. The molecular formula is C8H10N2. The van der Waals surface area contributed by atoms with Gasteiger partial charge in [0.2, 0.25) is 0 Å². The van der Waals surface area contributed by atoms with E-state index in [1.165, 1.54) is 5.57 Å². The topological polar surface area (TPSA) is 24.7 Å². The van der Waals surface area contributed by atoms with Crippen molar-refractivity contribution in [3.63, 3.8) is 0 Å². The molecular weight excluding hydrogens is 124 g/mol. The standard InChI is InChI=1S/C8H10N2/c1-7(2)8-4-3-5-9-10-6-8/h3-4,6-7H,1-2H3. The van der Waals surface area contributed by atoms with E-state index in [1.807, 2.05) is 6.08 Å². The number of hydrogen-bond acceptors (Lipinski definition) is 2. The van der Waals surface area contributed by atoms with E-state index in [1.54, 1.807) is 12.3 Å². The zero-order chi connectivity index (χ0) is 7.40. The number of nitrogens with zero attached hydrogens (tertiary/aromatic N) is 2. The lowest BCUT2D eigenvalue weighted by Gasteiger charge is -2.00. The molecule has 0 aromatic rings. The van der Waals surface area contributed by atoms with Crippen LogP contribution < -0.4 is 0 Å². The molecule has 52 valence electrons. The molecule has 0 aromatic carbocycles. The van der Waals surface area contributed by atoms with Crippen molar-refractivity contribution in [1.29, 1.82) is 0 Å². The van der Waals surface area contributed by atoms with Crippen LogP contribution in [-0.4, -0.2) is 12.1 Å². The molecule has 0 saturated heterocycles. The summed E-state index contributed by atoms with van der Waals surface area (Å²) in [7, 11) is 0. The molecule has 0 amide bonds. The van der Waals surface area contributed by atoms with E-state index in [2.05, 4.69) is 29.9 Å². The summed E-state index contributed by atoms with van der Waals surface area (Å²) < 4.78 is 0. The van der Waals surface area contributed by atoms with E-state index in [0.717, 1.165) is 0 Å². The zero-order valence-corrected chi connectivity index (χ0v) is 6.20. The van der Waals surface area contributed by atoms with Crippen molar-refractivity contribution in [3.05, 3.63) is 17.7 Å². The second kappa shape index (κ2) is 3.14. The summed E-state index contributed by atoms with van der Waals surface area (Å²) >= 11 is 0. The lowest BCUT2D eigenvalue weighted by molar-refractivity contribution is 0.806. The molecule has 0 aromatic heterocycles. The van der Waals surface area contributed by atoms with E-state index >= 15 is 0 Å². The minimum absolute atomic E-state index is 0.509. The Morgan fingerprint density at radius 1 is 1.50 bits per heavy atom. The Bertz CT molecular complexity index is 228. The van der Waals surface area contributed by atoms with Crippen LogP contribution >= 0.6 is 0 Å². The summed E-state index contributed by atoms with van der Waals surface area (Å²) in [6.07, 6.45) is 5.52. The fraction of sp³-hybridized carbons (Fsp3) is 0.375. The van der Waals surface area contributed by atoms with Crippen molar-refractivity contribution in [1.82, 2.24) is 0 Å². The first-order valence-corrected chi connectivity index (χ1v) is 3.32. The van der Waals surface area contributed by atoms with Gasteiger partial charge >= 0.3 is 0 Å². The highest BCUT2D eigenvalue weighted by molar-refractivity contribution is 5.81. The average molecular weight is 134 g/mol. The maximum atomic E-state index is 3.76. The second-order valence-electron chi connectivity index (χ2n) is 2.46. The molecule has 2 heteroatoms. The van der Waals surface area contributed by atoms with Crippen molar-refractivity contribution in [2.75, 3.05) is 0 Å². The molecule has 2 nitrogen and oxygen atoms in total. The third-order valence-electron chi connectivity index (χ3n) is 1.34. The summed E-state index contributed by atoms with van der Waals surface area (Å²) in [5, 5.41) is 7.38. The first kappa shape index (κ1) is 6.97. The Labute approximate surface area is 60.7 Å². The van der Waals surface area contributed by atoms with Gasteiger partial charge in [-0.05, 0) is 17.6 Å². The Kier molecular flexibility index (Phi) is 2.19. The summed E-state index contributed by atoms with van der Waals surface area (Å²) in [5.74, 6) is 3.17. The molecule has 1 aliphatic heterocycles. The van der Waals surface area contributed by atoms with Crippen molar-refractivity contribution >= 4 is 12.1 Å². The molecule has 1 aliphatic rings. The fourth-order valence-corrected chi connectivity index (χ4v) is 0.680. The van der Waals surface area contributed by atoms with Gasteiger partial charge in [0.25, 0.3) is 0 Å². The highest BCUT2D eigenvalue weighted by Crippen LogP contribution is 2.07. The van der Waals surface area contributed by atoms with Gasteiger partial charge in [-0.1, -0.05) is 13.8 Å². The molecule has 0 radical (unpaired) electrons. The van der Waals surface area contributed by atoms with E-state index in [9.17, 15) is 0 Å². The summed E-state index contributed by atoms with van der Waals surface area (Å²) in [6.45, 7) is 4.24. The Hall–Kier alpha value is -1.14. The van der Waals surface area contributed by atoms with Crippen LogP contribution in [0.2, 0.25) is 0 Å². The maximum absolute atomic E-state index is 3.76. The molecule has 0 fully saturated rings. The smallest absolute Gasteiger partial charge is 0.0538 e. The lowest BCUT2D eigenvalue weighted by atomic mass is 10.0. The highest BCUT2D eigenvalue weighted by atomic mass is 15.2. The Balaban J connectivity index is 2.81. The van der Waals surface area contributed by atoms with Crippen LogP contribution in [0.4, 0.5) is 0 Å². The van der Waals surface area contributed by atoms with Gasteiger partial charge in [0.05, 0.1) is 6.21 Å². The number of rotatable bonds is 1. The third-order valence-corrected chi connectivity index (χ3v) is 1.34. The van der Waals surface area contributed by atoms with E-state index in [0.29, 0.717) is 5.92 Å². The molecule has 0 spiro atoms. The monoisotopic (exact) mass is 134 g/mol. The highest BCUT2D eigenvalue weighted by Gasteiger charge is 1.98. The summed E-state index contributed by atoms with van der Waals surface area (Å²) in [5.41, 5.74) is 1.19. The van der Waals surface area contributed by atoms with Crippen molar-refractivity contribution < 1.29 is 0 Å². The number of hydrogen-bond donors (Lipinski definition) is 0. The molecule has 0 bridgehead atoms. The molecule has 0 saturated carbocycles. The minimum Gasteiger partial charge on any atom is -0.150 e. The molecule has 0 unspecified atom stereocenters. The quantitative estimate of drug-likeness (QED) is 0.522. The van der Waals surface area contributed by atoms with Gasteiger partial charge < -0.3 is 0 Å².